The van der Waals surface area contributed by atoms with E-state index in [1.165, 1.54) is 12.0 Å². The van der Waals surface area contributed by atoms with Gasteiger partial charge in [0.15, 0.2) is 0 Å². The van der Waals surface area contributed by atoms with Gasteiger partial charge in [-0.15, -0.1) is 0 Å². The molecule has 1 aromatic carbocycles. The van der Waals surface area contributed by atoms with Gasteiger partial charge in [0.05, 0.1) is 5.60 Å². The average molecular weight is 218 g/mol. The predicted molar refractivity (Wildman–Crippen MR) is 67.3 cm³/mol. The van der Waals surface area contributed by atoms with Crippen LogP contribution in [0.5, 0.6) is 0 Å². The van der Waals surface area contributed by atoms with E-state index >= 15 is 0 Å². The molecule has 0 saturated heterocycles. The minimum absolute atomic E-state index is 0.573. The quantitative estimate of drug-likeness (QED) is 0.711. The molecule has 2 rings (SSSR count). The van der Waals surface area contributed by atoms with Crippen molar-refractivity contribution in [2.24, 2.45) is 5.92 Å². The molecule has 1 fully saturated rings. The maximum atomic E-state index is 10.8. The molecule has 0 aromatic heterocycles. The van der Waals surface area contributed by atoms with E-state index in [4.69, 9.17) is 0 Å². The summed E-state index contributed by atoms with van der Waals surface area (Å²) in [4.78, 5) is 0. The lowest BCUT2D eigenvalue weighted by Crippen LogP contribution is -2.24. The van der Waals surface area contributed by atoms with Crippen molar-refractivity contribution in [1.29, 1.82) is 0 Å². The molecule has 1 aromatic rings. The molecule has 2 atom stereocenters. The maximum absolute atomic E-state index is 10.8. The maximum Gasteiger partial charge on any atom is 0.0896 e. The Kier molecular flexibility index (Phi) is 3.34. The van der Waals surface area contributed by atoms with E-state index in [0.29, 0.717) is 0 Å². The van der Waals surface area contributed by atoms with E-state index < -0.39 is 5.60 Å². The molecule has 0 heterocycles. The van der Waals surface area contributed by atoms with E-state index in [2.05, 4.69) is 38.1 Å². The molecule has 1 saturated carbocycles. The third-order valence-electron chi connectivity index (χ3n) is 3.89. The number of aryl methyl sites for hydroxylation is 1. The summed E-state index contributed by atoms with van der Waals surface area (Å²) < 4.78 is 0. The van der Waals surface area contributed by atoms with Gasteiger partial charge in [-0.3, -0.25) is 0 Å². The topological polar surface area (TPSA) is 20.2 Å². The first-order valence-corrected chi connectivity index (χ1v) is 6.40. The Hall–Kier alpha value is -0.820. The smallest absolute Gasteiger partial charge is 0.0896 e. The lowest BCUT2D eigenvalue weighted by molar-refractivity contribution is 0.0198. The zero-order valence-electron chi connectivity index (χ0n) is 10.4. The Balaban J connectivity index is 2.23. The van der Waals surface area contributed by atoms with Gasteiger partial charge < -0.3 is 5.11 Å². The van der Waals surface area contributed by atoms with E-state index in [1.54, 1.807) is 0 Å². The third kappa shape index (κ3) is 2.46. The fraction of sp³-hybridized carbons (Fsp3) is 0.600. The van der Waals surface area contributed by atoms with Crippen molar-refractivity contribution in [1.82, 2.24) is 0 Å². The molecular weight excluding hydrogens is 196 g/mol. The van der Waals surface area contributed by atoms with Crippen LogP contribution in [0.2, 0.25) is 0 Å². The van der Waals surface area contributed by atoms with Crippen LogP contribution in [-0.4, -0.2) is 5.11 Å². The summed E-state index contributed by atoms with van der Waals surface area (Å²) in [5.41, 5.74) is 1.78. The molecule has 0 bridgehead atoms. The van der Waals surface area contributed by atoms with Gasteiger partial charge in [-0.25, -0.2) is 0 Å². The van der Waals surface area contributed by atoms with E-state index in [1.807, 2.05) is 0 Å². The number of hydrogen-bond acceptors (Lipinski definition) is 1. The van der Waals surface area contributed by atoms with Gasteiger partial charge in [-0.2, -0.15) is 0 Å². The van der Waals surface area contributed by atoms with Crippen LogP contribution < -0.4 is 0 Å². The highest BCUT2D eigenvalue weighted by Gasteiger charge is 2.31. The van der Waals surface area contributed by atoms with Gasteiger partial charge in [-0.05, 0) is 44.1 Å². The molecule has 0 aliphatic heterocycles. The zero-order chi connectivity index (χ0) is 11.6. The minimum Gasteiger partial charge on any atom is -0.385 e. The second-order valence-electron chi connectivity index (χ2n) is 5.44. The largest absolute Gasteiger partial charge is 0.385 e. The van der Waals surface area contributed by atoms with E-state index in [-0.39, 0.29) is 0 Å². The average Bonchev–Trinajstić information content (AvgIpc) is 2.42. The van der Waals surface area contributed by atoms with Crippen LogP contribution in [0.3, 0.4) is 0 Å². The summed E-state index contributed by atoms with van der Waals surface area (Å²) in [6.07, 6.45) is 5.38. The van der Waals surface area contributed by atoms with Gasteiger partial charge >= 0.3 is 0 Å². The van der Waals surface area contributed by atoms with Gasteiger partial charge in [0, 0.05) is 0 Å². The number of rotatable bonds is 1. The molecule has 88 valence electrons. The number of benzene rings is 1. The molecule has 0 spiro atoms. The van der Waals surface area contributed by atoms with E-state index in [0.717, 1.165) is 37.2 Å². The van der Waals surface area contributed by atoms with Crippen LogP contribution >= 0.6 is 0 Å². The highest BCUT2D eigenvalue weighted by atomic mass is 16.3. The van der Waals surface area contributed by atoms with Crippen molar-refractivity contribution in [3.8, 4) is 0 Å². The standard InChI is InChI=1S/C15H22O/c1-12-6-4-9-15(16,10-8-12)14-7-3-5-13(2)11-14/h3,5,7,11-12,16H,4,6,8-10H2,1-2H3. The molecule has 0 amide bonds. The summed E-state index contributed by atoms with van der Waals surface area (Å²) in [5, 5.41) is 10.8. The van der Waals surface area contributed by atoms with Crippen molar-refractivity contribution in [2.45, 2.75) is 51.6 Å². The summed E-state index contributed by atoms with van der Waals surface area (Å²) in [7, 11) is 0. The molecular formula is C15H22O. The lowest BCUT2D eigenvalue weighted by atomic mass is 9.85. The van der Waals surface area contributed by atoms with Crippen molar-refractivity contribution >= 4 is 0 Å². The van der Waals surface area contributed by atoms with Crippen LogP contribution in [0.15, 0.2) is 24.3 Å². The van der Waals surface area contributed by atoms with Crippen LogP contribution in [0.1, 0.15) is 50.2 Å². The first-order chi connectivity index (χ1) is 7.60. The number of hydrogen-bond donors (Lipinski definition) is 1. The fourth-order valence-corrected chi connectivity index (χ4v) is 2.72. The van der Waals surface area contributed by atoms with Crippen molar-refractivity contribution in [3.63, 3.8) is 0 Å². The molecule has 1 heteroatoms. The highest BCUT2D eigenvalue weighted by molar-refractivity contribution is 5.27. The molecule has 1 aliphatic carbocycles. The first-order valence-electron chi connectivity index (χ1n) is 6.40. The van der Waals surface area contributed by atoms with Gasteiger partial charge in [-0.1, -0.05) is 43.2 Å². The summed E-state index contributed by atoms with van der Waals surface area (Å²) in [5.74, 6) is 0.763. The fourth-order valence-electron chi connectivity index (χ4n) is 2.72. The SMILES string of the molecule is Cc1cccc(C2(O)CCCC(C)CC2)c1. The zero-order valence-corrected chi connectivity index (χ0v) is 10.4. The first kappa shape index (κ1) is 11.7. The van der Waals surface area contributed by atoms with Crippen LogP contribution in [0.4, 0.5) is 0 Å². The number of aliphatic hydroxyl groups is 1. The van der Waals surface area contributed by atoms with Crippen molar-refractivity contribution < 1.29 is 5.11 Å². The second kappa shape index (κ2) is 4.58. The molecule has 1 nitrogen and oxygen atoms in total. The Bertz CT molecular complexity index is 358. The van der Waals surface area contributed by atoms with Crippen molar-refractivity contribution in [2.75, 3.05) is 0 Å². The van der Waals surface area contributed by atoms with Crippen LogP contribution in [-0.2, 0) is 5.60 Å². The van der Waals surface area contributed by atoms with Gasteiger partial charge in [0.25, 0.3) is 0 Å². The molecule has 1 N–H and O–H groups in total. The van der Waals surface area contributed by atoms with Gasteiger partial charge in [0.2, 0.25) is 0 Å². The molecule has 0 radical (unpaired) electrons. The monoisotopic (exact) mass is 218 g/mol. The van der Waals surface area contributed by atoms with Crippen molar-refractivity contribution in [3.05, 3.63) is 35.4 Å². The highest BCUT2D eigenvalue weighted by Crippen LogP contribution is 2.37. The Morgan fingerprint density at radius 2 is 2.06 bits per heavy atom. The normalized spacial score (nSPS) is 31.1. The predicted octanol–water partition coefficient (Wildman–Crippen LogP) is 3.78. The Labute approximate surface area is 98.5 Å². The summed E-state index contributed by atoms with van der Waals surface area (Å²) >= 11 is 0. The summed E-state index contributed by atoms with van der Waals surface area (Å²) in [6, 6.07) is 8.35. The van der Waals surface area contributed by atoms with E-state index in [9.17, 15) is 5.11 Å². The lowest BCUT2D eigenvalue weighted by Gasteiger charge is -2.27. The minimum atomic E-state index is -0.573. The van der Waals surface area contributed by atoms with Crippen LogP contribution in [0, 0.1) is 12.8 Å². The Morgan fingerprint density at radius 3 is 2.81 bits per heavy atom. The third-order valence-corrected chi connectivity index (χ3v) is 3.89. The van der Waals surface area contributed by atoms with Gasteiger partial charge in [0.1, 0.15) is 0 Å². The molecule has 16 heavy (non-hydrogen) atoms. The second-order valence-corrected chi connectivity index (χ2v) is 5.44. The molecule has 1 aliphatic rings. The molecule has 2 unspecified atom stereocenters. The Morgan fingerprint density at radius 1 is 1.25 bits per heavy atom. The summed E-state index contributed by atoms with van der Waals surface area (Å²) in [6.45, 7) is 4.38. The van der Waals surface area contributed by atoms with Crippen LogP contribution in [0.25, 0.3) is 0 Å².